The average Bonchev–Trinajstić information content (AvgIpc) is 2.37. The lowest BCUT2D eigenvalue weighted by molar-refractivity contribution is -0.385. The van der Waals surface area contributed by atoms with E-state index in [-0.39, 0.29) is 34.8 Å². The van der Waals surface area contributed by atoms with Gasteiger partial charge in [0.25, 0.3) is 0 Å². The summed E-state index contributed by atoms with van der Waals surface area (Å²) in [7, 11) is 1.62. The highest BCUT2D eigenvalue weighted by Gasteiger charge is 2.24. The molecule has 1 aromatic heterocycles. The molecular weight excluding hydrogens is 299 g/mol. The molecule has 0 spiro atoms. The van der Waals surface area contributed by atoms with Crippen molar-refractivity contribution in [3.05, 3.63) is 56.7 Å². The molecule has 0 aliphatic rings. The van der Waals surface area contributed by atoms with Gasteiger partial charge in [0.15, 0.2) is 0 Å². The molecule has 0 aliphatic carbocycles. The Balaban J connectivity index is 2.39. The molecule has 0 unspecified atom stereocenters. The monoisotopic (exact) mass is 310 g/mol. The lowest BCUT2D eigenvalue weighted by Gasteiger charge is -2.18. The lowest BCUT2D eigenvalue weighted by atomic mass is 10.2. The van der Waals surface area contributed by atoms with Crippen LogP contribution in [-0.4, -0.2) is 21.9 Å². The Labute approximate surface area is 125 Å². The molecule has 21 heavy (non-hydrogen) atoms. The fraction of sp³-hybridized carbons (Fsp3) is 0.231. The number of anilines is 1. The van der Waals surface area contributed by atoms with Crippen LogP contribution in [0.5, 0.6) is 0 Å². The molecule has 0 aliphatic heterocycles. The first-order valence-electron chi connectivity index (χ1n) is 6.02. The van der Waals surface area contributed by atoms with Crippen molar-refractivity contribution in [2.75, 3.05) is 11.9 Å². The summed E-state index contributed by atoms with van der Waals surface area (Å²) in [4.78, 5) is 19.8. The molecule has 6 nitrogen and oxygen atoms in total. The van der Waals surface area contributed by atoms with Crippen LogP contribution in [0.2, 0.25) is 5.28 Å². The van der Waals surface area contributed by atoms with Crippen molar-refractivity contribution in [2.45, 2.75) is 13.5 Å². The zero-order valence-corrected chi connectivity index (χ0v) is 12.1. The molecule has 0 fully saturated rings. The predicted octanol–water partition coefficient (Wildman–Crippen LogP) is 3.12. The smallest absolute Gasteiger partial charge is 0.332 e. The van der Waals surface area contributed by atoms with Gasteiger partial charge in [0.1, 0.15) is 11.5 Å². The van der Waals surface area contributed by atoms with Gasteiger partial charge in [-0.2, -0.15) is 4.98 Å². The molecule has 0 N–H and O–H groups in total. The van der Waals surface area contributed by atoms with Crippen molar-refractivity contribution in [3.8, 4) is 0 Å². The number of hydrogen-bond acceptors (Lipinski definition) is 5. The van der Waals surface area contributed by atoms with Gasteiger partial charge >= 0.3 is 5.69 Å². The summed E-state index contributed by atoms with van der Waals surface area (Å²) in [6, 6.07) is 5.99. The maximum atomic E-state index is 13.2. The molecule has 1 aromatic carbocycles. The van der Waals surface area contributed by atoms with Crippen molar-refractivity contribution >= 4 is 23.1 Å². The number of rotatable bonds is 4. The van der Waals surface area contributed by atoms with Gasteiger partial charge in [-0.25, -0.2) is 9.37 Å². The summed E-state index contributed by atoms with van der Waals surface area (Å²) >= 11 is 5.77. The largest absolute Gasteiger partial charge is 0.349 e. The molecule has 110 valence electrons. The van der Waals surface area contributed by atoms with Crippen LogP contribution in [0.1, 0.15) is 11.3 Å². The van der Waals surface area contributed by atoms with Crippen LogP contribution < -0.4 is 4.90 Å². The van der Waals surface area contributed by atoms with Gasteiger partial charge in [-0.15, -0.1) is 0 Å². The second-order valence-electron chi connectivity index (χ2n) is 4.49. The van der Waals surface area contributed by atoms with E-state index in [9.17, 15) is 14.5 Å². The molecule has 0 saturated carbocycles. The van der Waals surface area contributed by atoms with Crippen LogP contribution in [0.3, 0.4) is 0 Å². The molecule has 8 heteroatoms. The van der Waals surface area contributed by atoms with Crippen LogP contribution in [0.4, 0.5) is 15.9 Å². The van der Waals surface area contributed by atoms with Crippen LogP contribution >= 0.6 is 11.6 Å². The molecule has 0 atom stereocenters. The Bertz CT molecular complexity index is 696. The zero-order valence-electron chi connectivity index (χ0n) is 11.4. The number of hydrogen-bond donors (Lipinski definition) is 0. The first-order valence-corrected chi connectivity index (χ1v) is 6.40. The summed E-state index contributed by atoms with van der Waals surface area (Å²) in [6.07, 6.45) is 0. The SMILES string of the molecule is Cc1nc(Cl)nc(N(C)Cc2cccc(F)c2)c1[N+](=O)[O-]. The van der Waals surface area contributed by atoms with Gasteiger partial charge in [-0.3, -0.25) is 10.1 Å². The van der Waals surface area contributed by atoms with E-state index in [1.54, 1.807) is 19.2 Å². The molecular formula is C13H12ClFN4O2. The first kappa shape index (κ1) is 15.1. The highest BCUT2D eigenvalue weighted by molar-refractivity contribution is 6.28. The minimum atomic E-state index is -0.553. The predicted molar refractivity (Wildman–Crippen MR) is 76.9 cm³/mol. The molecule has 0 amide bonds. The number of nitrogens with zero attached hydrogens (tertiary/aromatic N) is 4. The maximum absolute atomic E-state index is 13.2. The maximum Gasteiger partial charge on any atom is 0.332 e. The van der Waals surface area contributed by atoms with Gasteiger partial charge in [0.2, 0.25) is 11.1 Å². The van der Waals surface area contributed by atoms with Crippen molar-refractivity contribution < 1.29 is 9.31 Å². The highest BCUT2D eigenvalue weighted by atomic mass is 35.5. The summed E-state index contributed by atoms with van der Waals surface area (Å²) < 4.78 is 13.2. The summed E-state index contributed by atoms with van der Waals surface area (Å²) in [5.41, 5.74) is 0.638. The van der Waals surface area contributed by atoms with Crippen molar-refractivity contribution in [3.63, 3.8) is 0 Å². The number of aromatic nitrogens is 2. The van der Waals surface area contributed by atoms with Crippen LogP contribution in [0.15, 0.2) is 24.3 Å². The summed E-state index contributed by atoms with van der Waals surface area (Å²) in [5, 5.41) is 11.1. The van der Waals surface area contributed by atoms with E-state index in [1.807, 2.05) is 0 Å². The van der Waals surface area contributed by atoms with E-state index >= 15 is 0 Å². The number of nitro groups is 1. The summed E-state index contributed by atoms with van der Waals surface area (Å²) in [5.74, 6) is -0.269. The highest BCUT2D eigenvalue weighted by Crippen LogP contribution is 2.29. The Hall–Kier alpha value is -2.28. The number of halogens is 2. The molecule has 0 bridgehead atoms. The van der Waals surface area contributed by atoms with E-state index in [1.165, 1.54) is 24.0 Å². The van der Waals surface area contributed by atoms with E-state index in [0.717, 1.165) is 0 Å². The Morgan fingerprint density at radius 2 is 2.14 bits per heavy atom. The Morgan fingerprint density at radius 1 is 1.43 bits per heavy atom. The lowest BCUT2D eigenvalue weighted by Crippen LogP contribution is -2.20. The van der Waals surface area contributed by atoms with Gasteiger partial charge in [-0.05, 0) is 36.2 Å². The average molecular weight is 311 g/mol. The van der Waals surface area contributed by atoms with Crippen molar-refractivity contribution in [1.82, 2.24) is 9.97 Å². The fourth-order valence-electron chi connectivity index (χ4n) is 1.98. The number of benzene rings is 1. The van der Waals surface area contributed by atoms with Crippen molar-refractivity contribution in [2.24, 2.45) is 0 Å². The minimum Gasteiger partial charge on any atom is -0.349 e. The van der Waals surface area contributed by atoms with E-state index in [0.29, 0.717) is 5.56 Å². The number of aryl methyl sites for hydroxylation is 1. The van der Waals surface area contributed by atoms with E-state index < -0.39 is 4.92 Å². The Kier molecular flexibility index (Phi) is 4.32. The standard InChI is InChI=1S/C13H12ClFN4O2/c1-8-11(19(20)21)12(17-13(14)16-8)18(2)7-9-4-3-5-10(15)6-9/h3-6H,7H2,1-2H3. The van der Waals surface area contributed by atoms with Crippen LogP contribution in [0.25, 0.3) is 0 Å². The van der Waals surface area contributed by atoms with Crippen LogP contribution in [-0.2, 0) is 6.54 Å². The molecule has 2 aromatic rings. The van der Waals surface area contributed by atoms with Gasteiger partial charge in [-0.1, -0.05) is 12.1 Å². The first-order chi connectivity index (χ1) is 9.88. The van der Waals surface area contributed by atoms with E-state index in [2.05, 4.69) is 9.97 Å². The van der Waals surface area contributed by atoms with E-state index in [4.69, 9.17) is 11.6 Å². The quantitative estimate of drug-likeness (QED) is 0.493. The van der Waals surface area contributed by atoms with Gasteiger partial charge < -0.3 is 4.90 Å². The van der Waals surface area contributed by atoms with Crippen LogP contribution in [0, 0.1) is 22.9 Å². The third-order valence-corrected chi connectivity index (χ3v) is 3.03. The normalized spacial score (nSPS) is 10.5. The fourth-order valence-corrected chi connectivity index (χ4v) is 2.19. The minimum absolute atomic E-state index is 0.0702. The Morgan fingerprint density at radius 3 is 2.76 bits per heavy atom. The molecule has 1 heterocycles. The molecule has 0 radical (unpaired) electrons. The topological polar surface area (TPSA) is 72.2 Å². The third kappa shape index (κ3) is 3.43. The second-order valence-corrected chi connectivity index (χ2v) is 4.83. The zero-order chi connectivity index (χ0) is 15.6. The van der Waals surface area contributed by atoms with Crippen molar-refractivity contribution in [1.29, 1.82) is 0 Å². The second kappa shape index (κ2) is 6.01. The van der Waals surface area contributed by atoms with Gasteiger partial charge in [0.05, 0.1) is 4.92 Å². The molecule has 0 saturated heterocycles. The van der Waals surface area contributed by atoms with Gasteiger partial charge in [0, 0.05) is 13.6 Å². The third-order valence-electron chi connectivity index (χ3n) is 2.87. The summed E-state index contributed by atoms with van der Waals surface area (Å²) in [6.45, 7) is 1.75. The molecule has 2 rings (SSSR count).